The van der Waals surface area contributed by atoms with Crippen LogP contribution in [0.1, 0.15) is 31.0 Å². The average molecular weight is 279 g/mol. The predicted molar refractivity (Wildman–Crippen MR) is 74.5 cm³/mol. The van der Waals surface area contributed by atoms with Gasteiger partial charge in [-0.2, -0.15) is 0 Å². The summed E-state index contributed by atoms with van der Waals surface area (Å²) in [4.78, 5) is 12.6. The number of nitrogens with one attached hydrogen (secondary N) is 1. The second kappa shape index (κ2) is 5.63. The lowest BCUT2D eigenvalue weighted by Gasteiger charge is -2.09. The maximum atomic E-state index is 11.6. The molecule has 0 spiro atoms. The highest BCUT2D eigenvalue weighted by Crippen LogP contribution is 2.28. The van der Waals surface area contributed by atoms with Crippen molar-refractivity contribution >= 4 is 11.8 Å². The third-order valence-electron chi connectivity index (χ3n) is 2.88. The van der Waals surface area contributed by atoms with Gasteiger partial charge >= 0.3 is 5.69 Å². The highest BCUT2D eigenvalue weighted by molar-refractivity contribution is 7.99. The first-order valence-corrected chi connectivity index (χ1v) is 6.89. The smallest absolute Gasteiger partial charge is 0.344 e. The van der Waals surface area contributed by atoms with Gasteiger partial charge in [0, 0.05) is 10.9 Å². The van der Waals surface area contributed by atoms with E-state index >= 15 is 0 Å². The SMILES string of the molecule is Cc1cc(Sc2n[nH]c(=O)n2C(C)C)ccc1CO. The molecule has 1 aromatic carbocycles. The lowest BCUT2D eigenvalue weighted by Crippen LogP contribution is -2.19. The van der Waals surface area contributed by atoms with Crippen molar-refractivity contribution in [2.75, 3.05) is 0 Å². The summed E-state index contributed by atoms with van der Waals surface area (Å²) in [6.07, 6.45) is 0. The number of aliphatic hydroxyl groups excluding tert-OH is 1. The zero-order valence-electron chi connectivity index (χ0n) is 11.2. The molecule has 19 heavy (non-hydrogen) atoms. The molecule has 0 aliphatic carbocycles. The van der Waals surface area contributed by atoms with Gasteiger partial charge < -0.3 is 5.11 Å². The highest BCUT2D eigenvalue weighted by atomic mass is 32.2. The molecule has 1 heterocycles. The molecule has 0 saturated heterocycles. The summed E-state index contributed by atoms with van der Waals surface area (Å²) in [5.74, 6) is 0. The summed E-state index contributed by atoms with van der Waals surface area (Å²) in [6, 6.07) is 5.86. The van der Waals surface area contributed by atoms with Gasteiger partial charge in [0.05, 0.1) is 6.61 Å². The molecule has 0 aliphatic heterocycles. The van der Waals surface area contributed by atoms with E-state index in [0.717, 1.165) is 16.0 Å². The number of aliphatic hydroxyl groups is 1. The topological polar surface area (TPSA) is 70.9 Å². The van der Waals surface area contributed by atoms with E-state index < -0.39 is 0 Å². The first-order valence-electron chi connectivity index (χ1n) is 6.08. The van der Waals surface area contributed by atoms with Crippen molar-refractivity contribution in [1.82, 2.24) is 14.8 Å². The van der Waals surface area contributed by atoms with Crippen molar-refractivity contribution in [2.45, 2.75) is 43.5 Å². The van der Waals surface area contributed by atoms with Gasteiger partial charge in [0.1, 0.15) is 0 Å². The average Bonchev–Trinajstić information content (AvgIpc) is 2.70. The van der Waals surface area contributed by atoms with Crippen LogP contribution in [0.5, 0.6) is 0 Å². The molecule has 0 unspecified atom stereocenters. The molecule has 1 aromatic heterocycles. The van der Waals surface area contributed by atoms with Crippen molar-refractivity contribution in [3.63, 3.8) is 0 Å². The van der Waals surface area contributed by atoms with Crippen LogP contribution in [-0.2, 0) is 6.61 Å². The summed E-state index contributed by atoms with van der Waals surface area (Å²) in [7, 11) is 0. The molecule has 0 amide bonds. The third-order valence-corrected chi connectivity index (χ3v) is 3.84. The van der Waals surface area contributed by atoms with Crippen LogP contribution in [0.2, 0.25) is 0 Å². The Morgan fingerprint density at radius 3 is 2.79 bits per heavy atom. The molecule has 0 saturated carbocycles. The molecule has 2 N–H and O–H groups in total. The number of rotatable bonds is 4. The molecule has 0 radical (unpaired) electrons. The predicted octanol–water partition coefficient (Wildman–Crippen LogP) is 2.10. The summed E-state index contributed by atoms with van der Waals surface area (Å²) in [5, 5.41) is 16.3. The second-order valence-electron chi connectivity index (χ2n) is 4.62. The molecule has 2 aromatic rings. The van der Waals surface area contributed by atoms with Gasteiger partial charge in [-0.05, 0) is 55.8 Å². The van der Waals surface area contributed by atoms with E-state index in [0.29, 0.717) is 5.16 Å². The molecule has 6 heteroatoms. The van der Waals surface area contributed by atoms with E-state index in [-0.39, 0.29) is 18.3 Å². The number of aromatic amines is 1. The quantitative estimate of drug-likeness (QED) is 0.899. The Bertz CT molecular complexity index is 631. The summed E-state index contributed by atoms with van der Waals surface area (Å²) in [5.41, 5.74) is 1.75. The monoisotopic (exact) mass is 279 g/mol. The Hall–Kier alpha value is -1.53. The van der Waals surface area contributed by atoms with Crippen LogP contribution in [-0.4, -0.2) is 19.9 Å². The number of aryl methyl sites for hydroxylation is 1. The summed E-state index contributed by atoms with van der Waals surface area (Å²) < 4.78 is 1.62. The maximum absolute atomic E-state index is 11.6. The molecule has 0 bridgehead atoms. The number of hydrogen-bond acceptors (Lipinski definition) is 4. The number of nitrogens with zero attached hydrogens (tertiary/aromatic N) is 2. The van der Waals surface area contributed by atoms with Crippen molar-refractivity contribution in [3.8, 4) is 0 Å². The van der Waals surface area contributed by atoms with Gasteiger partial charge in [-0.15, -0.1) is 5.10 Å². The van der Waals surface area contributed by atoms with E-state index in [1.807, 2.05) is 39.0 Å². The minimum atomic E-state index is -0.193. The highest BCUT2D eigenvalue weighted by Gasteiger charge is 2.12. The first kappa shape index (κ1) is 13.9. The Morgan fingerprint density at radius 1 is 1.47 bits per heavy atom. The van der Waals surface area contributed by atoms with Gasteiger partial charge in [-0.25, -0.2) is 9.89 Å². The van der Waals surface area contributed by atoms with Crippen molar-refractivity contribution in [2.24, 2.45) is 0 Å². The van der Waals surface area contributed by atoms with Crippen molar-refractivity contribution in [1.29, 1.82) is 0 Å². The van der Waals surface area contributed by atoms with Crippen LogP contribution in [0, 0.1) is 6.92 Å². The number of hydrogen-bond donors (Lipinski definition) is 2. The van der Waals surface area contributed by atoms with Gasteiger partial charge in [0.25, 0.3) is 0 Å². The van der Waals surface area contributed by atoms with Gasteiger partial charge in [0.2, 0.25) is 0 Å². The zero-order chi connectivity index (χ0) is 14.0. The Morgan fingerprint density at radius 2 is 2.21 bits per heavy atom. The fourth-order valence-corrected chi connectivity index (χ4v) is 2.90. The third kappa shape index (κ3) is 2.90. The van der Waals surface area contributed by atoms with E-state index in [4.69, 9.17) is 5.11 Å². The van der Waals surface area contributed by atoms with E-state index in [1.165, 1.54) is 11.8 Å². The molecular formula is C13H17N3O2S. The fourth-order valence-electron chi connectivity index (χ4n) is 1.83. The Balaban J connectivity index is 2.31. The largest absolute Gasteiger partial charge is 0.392 e. The van der Waals surface area contributed by atoms with E-state index in [9.17, 15) is 4.79 Å². The van der Waals surface area contributed by atoms with Crippen LogP contribution in [0.4, 0.5) is 0 Å². The molecule has 0 fully saturated rings. The van der Waals surface area contributed by atoms with Crippen LogP contribution < -0.4 is 5.69 Å². The number of benzene rings is 1. The van der Waals surface area contributed by atoms with Crippen LogP contribution >= 0.6 is 11.8 Å². The maximum Gasteiger partial charge on any atom is 0.344 e. The molecule has 5 nitrogen and oxygen atoms in total. The first-order chi connectivity index (χ1) is 9.02. The fraction of sp³-hybridized carbons (Fsp3) is 0.385. The number of H-pyrrole nitrogens is 1. The molecular weight excluding hydrogens is 262 g/mol. The van der Waals surface area contributed by atoms with Crippen LogP contribution in [0.15, 0.2) is 33.0 Å². The normalized spacial score (nSPS) is 11.2. The van der Waals surface area contributed by atoms with Crippen molar-refractivity contribution < 1.29 is 5.11 Å². The van der Waals surface area contributed by atoms with Crippen LogP contribution in [0.3, 0.4) is 0 Å². The second-order valence-corrected chi connectivity index (χ2v) is 5.66. The molecule has 2 rings (SSSR count). The van der Waals surface area contributed by atoms with Gasteiger partial charge in [0.15, 0.2) is 5.16 Å². The minimum absolute atomic E-state index is 0.0376. The molecule has 102 valence electrons. The van der Waals surface area contributed by atoms with E-state index in [1.54, 1.807) is 4.57 Å². The summed E-state index contributed by atoms with van der Waals surface area (Å²) >= 11 is 1.44. The van der Waals surface area contributed by atoms with Crippen LogP contribution in [0.25, 0.3) is 0 Å². The zero-order valence-corrected chi connectivity index (χ0v) is 12.0. The van der Waals surface area contributed by atoms with E-state index in [2.05, 4.69) is 10.2 Å². The molecule has 0 aliphatic rings. The Kier molecular flexibility index (Phi) is 4.11. The van der Waals surface area contributed by atoms with Gasteiger partial charge in [-0.1, -0.05) is 6.07 Å². The molecule has 0 atom stereocenters. The Labute approximate surface area is 115 Å². The summed E-state index contributed by atoms with van der Waals surface area (Å²) in [6.45, 7) is 5.88. The lowest BCUT2D eigenvalue weighted by molar-refractivity contribution is 0.281. The minimum Gasteiger partial charge on any atom is -0.392 e. The standard InChI is InChI=1S/C13H17N3O2S/c1-8(2)16-12(18)14-15-13(16)19-11-5-4-10(7-17)9(3)6-11/h4-6,8,17H,7H2,1-3H3,(H,14,18). The number of aromatic nitrogens is 3. The van der Waals surface area contributed by atoms with Crippen molar-refractivity contribution in [3.05, 3.63) is 39.8 Å². The van der Waals surface area contributed by atoms with Gasteiger partial charge in [-0.3, -0.25) is 4.57 Å². The lowest BCUT2D eigenvalue weighted by atomic mass is 10.1.